The fraction of sp³-hybridized carbons (Fsp3) is 0.138. The number of carbonyl (C=O) groups is 1. The van der Waals surface area contributed by atoms with Gasteiger partial charge in [-0.1, -0.05) is 78.9 Å². The maximum atomic E-state index is 11.7. The molecule has 0 saturated heterocycles. The van der Waals surface area contributed by atoms with E-state index in [4.69, 9.17) is 4.74 Å². The van der Waals surface area contributed by atoms with Gasteiger partial charge < -0.3 is 20.3 Å². The minimum atomic E-state index is -1.03. The van der Waals surface area contributed by atoms with E-state index in [1.54, 1.807) is 30.3 Å². The zero-order valence-electron chi connectivity index (χ0n) is 19.1. The van der Waals surface area contributed by atoms with Crippen molar-refractivity contribution in [1.82, 2.24) is 5.32 Å². The second-order valence-electron chi connectivity index (χ2n) is 8.01. The molecule has 0 heterocycles. The number of benzene rings is 4. The zero-order valence-corrected chi connectivity index (χ0v) is 19.9. The van der Waals surface area contributed by atoms with E-state index in [0.717, 1.165) is 29.7 Å². The van der Waals surface area contributed by atoms with Crippen molar-refractivity contribution in [3.05, 3.63) is 120 Å². The molecule has 3 N–H and O–H groups in total. The van der Waals surface area contributed by atoms with E-state index in [1.165, 1.54) is 5.56 Å². The summed E-state index contributed by atoms with van der Waals surface area (Å²) in [4.78, 5) is 11.7. The highest BCUT2D eigenvalue weighted by atomic mass is 35.5. The molecule has 0 spiro atoms. The van der Waals surface area contributed by atoms with Crippen LogP contribution in [0, 0.1) is 0 Å². The summed E-state index contributed by atoms with van der Waals surface area (Å²) >= 11 is 0. The first-order valence-electron chi connectivity index (χ1n) is 11.2. The van der Waals surface area contributed by atoms with E-state index in [0.29, 0.717) is 18.0 Å². The SMILES string of the molecule is Cl.O=C(O)c1ccc(-c2ccc(CCNC[C@H](O)c3ccccc3)cc2)cc1Oc1ccccc1. The number of hydrogen-bond acceptors (Lipinski definition) is 4. The van der Waals surface area contributed by atoms with Gasteiger partial charge in [-0.2, -0.15) is 0 Å². The Labute approximate surface area is 211 Å². The van der Waals surface area contributed by atoms with E-state index in [2.05, 4.69) is 17.4 Å². The molecule has 0 aliphatic rings. The summed E-state index contributed by atoms with van der Waals surface area (Å²) in [6.07, 6.45) is 0.312. The lowest BCUT2D eigenvalue weighted by atomic mass is 10.0. The molecule has 0 radical (unpaired) electrons. The van der Waals surface area contributed by atoms with Crippen molar-refractivity contribution in [2.75, 3.05) is 13.1 Å². The minimum Gasteiger partial charge on any atom is -0.478 e. The van der Waals surface area contributed by atoms with Gasteiger partial charge in [0, 0.05) is 6.54 Å². The van der Waals surface area contributed by atoms with Gasteiger partial charge in [-0.15, -0.1) is 12.4 Å². The molecule has 5 nitrogen and oxygen atoms in total. The Kier molecular flexibility index (Phi) is 9.44. The van der Waals surface area contributed by atoms with Crippen molar-refractivity contribution in [2.24, 2.45) is 0 Å². The minimum absolute atomic E-state index is 0. The van der Waals surface area contributed by atoms with Crippen molar-refractivity contribution in [3.63, 3.8) is 0 Å². The fourth-order valence-electron chi connectivity index (χ4n) is 3.71. The molecule has 180 valence electrons. The maximum absolute atomic E-state index is 11.7. The van der Waals surface area contributed by atoms with Crippen LogP contribution in [0.2, 0.25) is 0 Å². The number of ether oxygens (including phenoxy) is 1. The number of nitrogens with one attached hydrogen (secondary N) is 1. The van der Waals surface area contributed by atoms with Crippen molar-refractivity contribution >= 4 is 18.4 Å². The van der Waals surface area contributed by atoms with E-state index in [-0.39, 0.29) is 18.0 Å². The Morgan fingerprint density at radius 1 is 0.829 bits per heavy atom. The number of carboxylic acids is 1. The van der Waals surface area contributed by atoms with Crippen LogP contribution in [0.5, 0.6) is 11.5 Å². The van der Waals surface area contributed by atoms with Gasteiger partial charge in [-0.05, 0) is 59.5 Å². The zero-order chi connectivity index (χ0) is 23.8. The van der Waals surface area contributed by atoms with Gasteiger partial charge in [0.15, 0.2) is 0 Å². The third kappa shape index (κ3) is 7.17. The molecule has 0 aliphatic carbocycles. The van der Waals surface area contributed by atoms with Crippen LogP contribution >= 0.6 is 12.4 Å². The van der Waals surface area contributed by atoms with Crippen LogP contribution in [0.1, 0.15) is 27.6 Å². The molecule has 4 aromatic carbocycles. The van der Waals surface area contributed by atoms with Crippen molar-refractivity contribution < 1.29 is 19.7 Å². The van der Waals surface area contributed by atoms with Crippen LogP contribution in [-0.4, -0.2) is 29.3 Å². The smallest absolute Gasteiger partial charge is 0.339 e. The lowest BCUT2D eigenvalue weighted by molar-refractivity contribution is 0.0694. The molecular formula is C29H28ClNO4. The van der Waals surface area contributed by atoms with Crippen molar-refractivity contribution in [2.45, 2.75) is 12.5 Å². The predicted molar refractivity (Wildman–Crippen MR) is 141 cm³/mol. The lowest BCUT2D eigenvalue weighted by Crippen LogP contribution is -2.23. The van der Waals surface area contributed by atoms with Crippen LogP contribution in [0.4, 0.5) is 0 Å². The first kappa shape index (κ1) is 26.0. The van der Waals surface area contributed by atoms with Gasteiger partial charge in [-0.25, -0.2) is 4.79 Å². The van der Waals surface area contributed by atoms with Crippen LogP contribution in [-0.2, 0) is 6.42 Å². The van der Waals surface area contributed by atoms with E-state index < -0.39 is 12.1 Å². The van der Waals surface area contributed by atoms with Crippen LogP contribution in [0.15, 0.2) is 103 Å². The van der Waals surface area contributed by atoms with Gasteiger partial charge >= 0.3 is 5.97 Å². The summed E-state index contributed by atoms with van der Waals surface area (Å²) < 4.78 is 5.86. The average Bonchev–Trinajstić information content (AvgIpc) is 2.88. The molecule has 0 saturated carbocycles. The molecule has 0 aliphatic heterocycles. The molecule has 1 atom stereocenters. The summed E-state index contributed by atoms with van der Waals surface area (Å²) in [5.74, 6) is -0.137. The van der Waals surface area contributed by atoms with E-state index in [9.17, 15) is 15.0 Å². The van der Waals surface area contributed by atoms with E-state index in [1.807, 2.05) is 60.7 Å². The van der Waals surface area contributed by atoms with Crippen LogP contribution in [0.3, 0.4) is 0 Å². The molecule has 0 fully saturated rings. The third-order valence-corrected chi connectivity index (χ3v) is 5.58. The summed E-state index contributed by atoms with van der Waals surface area (Å²) in [6.45, 7) is 1.26. The highest BCUT2D eigenvalue weighted by Crippen LogP contribution is 2.31. The average molecular weight is 490 g/mol. The molecule has 35 heavy (non-hydrogen) atoms. The molecular weight excluding hydrogens is 462 g/mol. The standard InChI is InChI=1S/C29H27NO4.ClH/c31-27(23-7-3-1-4-8-23)20-30-18-17-21-11-13-22(14-12-21)24-15-16-26(29(32)33)28(19-24)34-25-9-5-2-6-10-25;/h1-16,19,27,30-31H,17-18,20H2,(H,32,33);1H/t27-;/m0./s1. The number of aliphatic hydroxyl groups is 1. The Balaban J connectivity index is 0.00000342. The Morgan fingerprint density at radius 3 is 2.11 bits per heavy atom. The second kappa shape index (κ2) is 12.7. The third-order valence-electron chi connectivity index (χ3n) is 5.58. The summed E-state index contributed by atoms with van der Waals surface area (Å²) in [5, 5.41) is 23.1. The van der Waals surface area contributed by atoms with Crippen LogP contribution < -0.4 is 10.1 Å². The number of halogens is 1. The van der Waals surface area contributed by atoms with Crippen LogP contribution in [0.25, 0.3) is 11.1 Å². The maximum Gasteiger partial charge on any atom is 0.339 e. The molecule has 0 bridgehead atoms. The largest absolute Gasteiger partial charge is 0.478 e. The molecule has 0 aromatic heterocycles. The Hall–Kier alpha value is -3.64. The monoisotopic (exact) mass is 489 g/mol. The number of carboxylic acid groups (broad SMARTS) is 1. The molecule has 0 amide bonds. The molecule has 4 rings (SSSR count). The Bertz CT molecular complexity index is 1210. The van der Waals surface area contributed by atoms with Gasteiger partial charge in [0.25, 0.3) is 0 Å². The normalized spacial score (nSPS) is 11.3. The summed E-state index contributed by atoms with van der Waals surface area (Å²) in [5.41, 5.74) is 4.06. The molecule has 4 aromatic rings. The van der Waals surface area contributed by atoms with E-state index >= 15 is 0 Å². The number of aliphatic hydroxyl groups excluding tert-OH is 1. The topological polar surface area (TPSA) is 78.8 Å². The predicted octanol–water partition coefficient (Wildman–Crippen LogP) is 6.13. The number of hydrogen-bond donors (Lipinski definition) is 3. The number of aromatic carboxylic acids is 1. The quantitative estimate of drug-likeness (QED) is 0.233. The first-order valence-corrected chi connectivity index (χ1v) is 11.2. The number of rotatable bonds is 10. The van der Waals surface area contributed by atoms with Gasteiger partial charge in [0.2, 0.25) is 0 Å². The lowest BCUT2D eigenvalue weighted by Gasteiger charge is -2.13. The second-order valence-corrected chi connectivity index (χ2v) is 8.01. The molecule has 6 heteroatoms. The highest BCUT2D eigenvalue weighted by molar-refractivity contribution is 5.92. The highest BCUT2D eigenvalue weighted by Gasteiger charge is 2.14. The molecule has 0 unspecified atom stereocenters. The Morgan fingerprint density at radius 2 is 1.46 bits per heavy atom. The van der Waals surface area contributed by atoms with Gasteiger partial charge in [-0.3, -0.25) is 0 Å². The number of para-hydroxylation sites is 1. The summed E-state index contributed by atoms with van der Waals surface area (Å²) in [7, 11) is 0. The van der Waals surface area contributed by atoms with Gasteiger partial charge in [0.05, 0.1) is 6.10 Å². The van der Waals surface area contributed by atoms with Crippen molar-refractivity contribution in [1.29, 1.82) is 0 Å². The summed E-state index contributed by atoms with van der Waals surface area (Å²) in [6, 6.07) is 32.1. The fourth-order valence-corrected chi connectivity index (χ4v) is 3.71. The first-order chi connectivity index (χ1) is 16.6. The van der Waals surface area contributed by atoms with Gasteiger partial charge in [0.1, 0.15) is 17.1 Å². The van der Waals surface area contributed by atoms with Crippen molar-refractivity contribution in [3.8, 4) is 22.6 Å².